The molecule has 0 radical (unpaired) electrons. The Morgan fingerprint density at radius 3 is 2.59 bits per heavy atom. The molecule has 1 aliphatic heterocycles. The Hall–Kier alpha value is -1.10. The van der Waals surface area contributed by atoms with Gasteiger partial charge in [0.1, 0.15) is 0 Å². The van der Waals surface area contributed by atoms with Gasteiger partial charge in [-0.25, -0.2) is 0 Å². The second kappa shape index (κ2) is 6.00. The summed E-state index contributed by atoms with van der Waals surface area (Å²) in [5.41, 5.74) is 0. The fraction of sp³-hybridized carbons (Fsp3) is 0.833. The van der Waals surface area contributed by atoms with E-state index in [9.17, 15) is 9.59 Å². The van der Waals surface area contributed by atoms with E-state index in [1.54, 1.807) is 18.9 Å². The van der Waals surface area contributed by atoms with Gasteiger partial charge >= 0.3 is 0 Å². The zero-order valence-corrected chi connectivity index (χ0v) is 11.1. The highest BCUT2D eigenvalue weighted by molar-refractivity contribution is 5.86. The molecule has 0 aromatic rings. The minimum Gasteiger partial charge on any atom is -0.354 e. The topological polar surface area (TPSA) is 61.4 Å². The van der Waals surface area contributed by atoms with Crippen LogP contribution in [0.15, 0.2) is 0 Å². The Kier molecular flexibility index (Phi) is 4.93. The van der Waals surface area contributed by atoms with E-state index in [2.05, 4.69) is 10.6 Å². The third-order valence-corrected chi connectivity index (χ3v) is 2.96. The van der Waals surface area contributed by atoms with Gasteiger partial charge in [-0.05, 0) is 19.3 Å². The highest BCUT2D eigenvalue weighted by Crippen LogP contribution is 2.09. The summed E-state index contributed by atoms with van der Waals surface area (Å²) in [6.45, 7) is 7.32. The maximum Gasteiger partial charge on any atom is 0.239 e. The van der Waals surface area contributed by atoms with Crippen molar-refractivity contribution < 1.29 is 9.59 Å². The molecular formula is C12H23N3O2. The van der Waals surface area contributed by atoms with Crippen LogP contribution in [0.4, 0.5) is 0 Å². The molecule has 1 saturated heterocycles. The molecular weight excluding hydrogens is 218 g/mol. The zero-order valence-electron chi connectivity index (χ0n) is 11.1. The molecule has 2 N–H and O–H groups in total. The standard InChI is InChI=1S/C12H23N3O2/c1-8(2)7-13-11(16)9(3)14-10-5-6-15(4)12(10)17/h8-10,14H,5-7H2,1-4H3,(H,13,16). The smallest absolute Gasteiger partial charge is 0.239 e. The van der Waals surface area contributed by atoms with Crippen LogP contribution in [-0.2, 0) is 9.59 Å². The van der Waals surface area contributed by atoms with Crippen LogP contribution < -0.4 is 10.6 Å². The molecule has 0 bridgehead atoms. The number of carbonyl (C=O) groups is 2. The van der Waals surface area contributed by atoms with Crippen LogP contribution in [-0.4, -0.2) is 48.9 Å². The molecule has 5 nitrogen and oxygen atoms in total. The van der Waals surface area contributed by atoms with Gasteiger partial charge in [0.15, 0.2) is 0 Å². The first-order chi connectivity index (χ1) is 7.91. The molecule has 0 aromatic carbocycles. The Balaban J connectivity index is 2.36. The Morgan fingerprint density at radius 1 is 1.47 bits per heavy atom. The summed E-state index contributed by atoms with van der Waals surface area (Å²) in [7, 11) is 1.79. The molecule has 0 spiro atoms. The van der Waals surface area contributed by atoms with E-state index >= 15 is 0 Å². The minimum atomic E-state index is -0.325. The van der Waals surface area contributed by atoms with Crippen molar-refractivity contribution in [2.24, 2.45) is 5.92 Å². The van der Waals surface area contributed by atoms with Gasteiger partial charge in [-0.15, -0.1) is 0 Å². The van der Waals surface area contributed by atoms with Crippen molar-refractivity contribution in [3.05, 3.63) is 0 Å². The summed E-state index contributed by atoms with van der Waals surface area (Å²) in [6.07, 6.45) is 0.775. The van der Waals surface area contributed by atoms with Crippen molar-refractivity contribution in [2.75, 3.05) is 20.1 Å². The molecule has 0 aromatic heterocycles. The SMILES string of the molecule is CC(C)CNC(=O)C(C)NC1CCN(C)C1=O. The normalized spacial score (nSPS) is 22.1. The largest absolute Gasteiger partial charge is 0.354 e. The summed E-state index contributed by atoms with van der Waals surface area (Å²) in [5, 5.41) is 5.93. The summed E-state index contributed by atoms with van der Waals surface area (Å²) >= 11 is 0. The van der Waals surface area contributed by atoms with Crippen LogP contribution >= 0.6 is 0 Å². The number of amides is 2. The molecule has 1 heterocycles. The average molecular weight is 241 g/mol. The van der Waals surface area contributed by atoms with E-state index in [0.717, 1.165) is 13.0 Å². The number of nitrogens with zero attached hydrogens (tertiary/aromatic N) is 1. The van der Waals surface area contributed by atoms with Crippen molar-refractivity contribution in [1.29, 1.82) is 0 Å². The molecule has 17 heavy (non-hydrogen) atoms. The van der Waals surface area contributed by atoms with Gasteiger partial charge < -0.3 is 10.2 Å². The zero-order chi connectivity index (χ0) is 13.0. The lowest BCUT2D eigenvalue weighted by Crippen LogP contribution is -2.49. The fourth-order valence-electron chi connectivity index (χ4n) is 1.81. The summed E-state index contributed by atoms with van der Waals surface area (Å²) < 4.78 is 0. The third-order valence-electron chi connectivity index (χ3n) is 2.96. The number of carbonyl (C=O) groups excluding carboxylic acids is 2. The van der Waals surface area contributed by atoms with E-state index in [-0.39, 0.29) is 23.9 Å². The Labute approximate surface area is 103 Å². The van der Waals surface area contributed by atoms with Crippen molar-refractivity contribution in [3.8, 4) is 0 Å². The highest BCUT2D eigenvalue weighted by Gasteiger charge is 2.31. The van der Waals surface area contributed by atoms with Crippen molar-refractivity contribution >= 4 is 11.8 Å². The van der Waals surface area contributed by atoms with Gasteiger partial charge in [0, 0.05) is 20.1 Å². The second-order valence-corrected chi connectivity index (χ2v) is 5.13. The molecule has 1 aliphatic rings. The Morgan fingerprint density at radius 2 is 2.12 bits per heavy atom. The van der Waals surface area contributed by atoms with Crippen LogP contribution in [0.25, 0.3) is 0 Å². The lowest BCUT2D eigenvalue weighted by molar-refractivity contribution is -0.129. The van der Waals surface area contributed by atoms with Gasteiger partial charge in [0.05, 0.1) is 12.1 Å². The highest BCUT2D eigenvalue weighted by atomic mass is 16.2. The van der Waals surface area contributed by atoms with E-state index in [1.807, 2.05) is 13.8 Å². The van der Waals surface area contributed by atoms with E-state index in [1.165, 1.54) is 0 Å². The molecule has 2 amide bonds. The molecule has 1 fully saturated rings. The second-order valence-electron chi connectivity index (χ2n) is 5.13. The van der Waals surface area contributed by atoms with E-state index < -0.39 is 0 Å². The summed E-state index contributed by atoms with van der Waals surface area (Å²) in [4.78, 5) is 25.1. The monoisotopic (exact) mass is 241 g/mol. The van der Waals surface area contributed by atoms with Crippen LogP contribution in [0.3, 0.4) is 0 Å². The first kappa shape index (κ1) is 14.0. The number of nitrogens with one attached hydrogen (secondary N) is 2. The lowest BCUT2D eigenvalue weighted by atomic mass is 10.2. The van der Waals surface area contributed by atoms with Crippen molar-refractivity contribution in [2.45, 2.75) is 39.3 Å². The van der Waals surface area contributed by atoms with E-state index in [0.29, 0.717) is 12.5 Å². The maximum absolute atomic E-state index is 11.7. The third kappa shape index (κ3) is 4.00. The van der Waals surface area contributed by atoms with Gasteiger partial charge in [0.25, 0.3) is 0 Å². The molecule has 0 aliphatic carbocycles. The fourth-order valence-corrected chi connectivity index (χ4v) is 1.81. The van der Waals surface area contributed by atoms with Gasteiger partial charge in [-0.1, -0.05) is 13.8 Å². The predicted octanol–water partition coefficient (Wildman–Crippen LogP) is -0.0326. The number of rotatable bonds is 5. The van der Waals surface area contributed by atoms with Crippen LogP contribution in [0.2, 0.25) is 0 Å². The molecule has 2 unspecified atom stereocenters. The minimum absolute atomic E-state index is 0.0407. The molecule has 1 rings (SSSR count). The average Bonchev–Trinajstić information content (AvgIpc) is 2.57. The molecule has 2 atom stereocenters. The van der Waals surface area contributed by atoms with Crippen molar-refractivity contribution in [3.63, 3.8) is 0 Å². The number of likely N-dealkylation sites (tertiary alicyclic amines) is 1. The molecule has 5 heteroatoms. The molecule has 98 valence electrons. The maximum atomic E-state index is 11.7. The first-order valence-corrected chi connectivity index (χ1v) is 6.20. The van der Waals surface area contributed by atoms with Gasteiger partial charge in [0.2, 0.25) is 11.8 Å². The van der Waals surface area contributed by atoms with Crippen LogP contribution in [0.1, 0.15) is 27.2 Å². The predicted molar refractivity (Wildman–Crippen MR) is 66.5 cm³/mol. The van der Waals surface area contributed by atoms with Crippen LogP contribution in [0.5, 0.6) is 0 Å². The molecule has 0 saturated carbocycles. The number of hydrogen-bond donors (Lipinski definition) is 2. The van der Waals surface area contributed by atoms with E-state index in [4.69, 9.17) is 0 Å². The number of hydrogen-bond acceptors (Lipinski definition) is 3. The number of likely N-dealkylation sites (N-methyl/N-ethyl adjacent to an activating group) is 1. The lowest BCUT2D eigenvalue weighted by Gasteiger charge is -2.18. The summed E-state index contributed by atoms with van der Waals surface area (Å²) in [5.74, 6) is 0.472. The van der Waals surface area contributed by atoms with Crippen LogP contribution in [0, 0.1) is 5.92 Å². The van der Waals surface area contributed by atoms with Crippen molar-refractivity contribution in [1.82, 2.24) is 15.5 Å². The Bertz CT molecular complexity index is 291. The summed E-state index contributed by atoms with van der Waals surface area (Å²) in [6, 6.07) is -0.533. The van der Waals surface area contributed by atoms with Gasteiger partial charge in [-0.3, -0.25) is 14.9 Å². The van der Waals surface area contributed by atoms with Gasteiger partial charge in [-0.2, -0.15) is 0 Å². The quantitative estimate of drug-likeness (QED) is 0.710. The first-order valence-electron chi connectivity index (χ1n) is 6.20.